The number of rotatable bonds is 7. The average molecular weight is 444 g/mol. The molecule has 1 atom stereocenters. The molecule has 1 fully saturated rings. The minimum atomic E-state index is -3.06. The monoisotopic (exact) mass is 443 g/mol. The maximum Gasteiger partial charge on any atom is 0.230 e. The van der Waals surface area contributed by atoms with Crippen molar-refractivity contribution in [3.8, 4) is 0 Å². The van der Waals surface area contributed by atoms with E-state index in [1.807, 2.05) is 42.5 Å². The first-order valence-corrected chi connectivity index (χ1v) is 12.8. The molecular formula is C22H25N3O3S2. The Morgan fingerprint density at radius 3 is 2.63 bits per heavy atom. The van der Waals surface area contributed by atoms with E-state index < -0.39 is 15.4 Å². The van der Waals surface area contributed by atoms with Crippen molar-refractivity contribution in [3.05, 3.63) is 60.2 Å². The van der Waals surface area contributed by atoms with Crippen LogP contribution in [0.5, 0.6) is 0 Å². The number of sulfone groups is 1. The molecule has 1 N–H and O–H groups in total. The quantitative estimate of drug-likeness (QED) is 0.568. The minimum Gasteiger partial charge on any atom is -0.349 e. The van der Waals surface area contributed by atoms with Gasteiger partial charge in [0.1, 0.15) is 0 Å². The van der Waals surface area contributed by atoms with Gasteiger partial charge < -0.3 is 9.88 Å². The highest BCUT2D eigenvalue weighted by Crippen LogP contribution is 2.26. The van der Waals surface area contributed by atoms with E-state index in [0.717, 1.165) is 29.2 Å². The Balaban J connectivity index is 1.46. The number of carbonyl (C=O) groups is 1. The fourth-order valence-corrected chi connectivity index (χ4v) is 6.81. The van der Waals surface area contributed by atoms with Crippen LogP contribution in [-0.4, -0.2) is 46.7 Å². The molecule has 1 aromatic heterocycles. The molecule has 1 aliphatic heterocycles. The summed E-state index contributed by atoms with van der Waals surface area (Å²) in [6.07, 6.45) is 1.33. The number of nitrogens with one attached hydrogen (secondary N) is 1. The van der Waals surface area contributed by atoms with E-state index in [4.69, 9.17) is 4.98 Å². The second-order valence-corrected chi connectivity index (χ2v) is 11.1. The van der Waals surface area contributed by atoms with Gasteiger partial charge in [-0.25, -0.2) is 13.4 Å². The summed E-state index contributed by atoms with van der Waals surface area (Å²) in [6.45, 7) is 2.57. The summed E-state index contributed by atoms with van der Waals surface area (Å²) in [6, 6.07) is 18.3. The van der Waals surface area contributed by atoms with Crippen molar-refractivity contribution < 1.29 is 13.2 Å². The van der Waals surface area contributed by atoms with Gasteiger partial charge in [-0.2, -0.15) is 0 Å². The van der Waals surface area contributed by atoms with Gasteiger partial charge in [0.2, 0.25) is 5.91 Å². The van der Waals surface area contributed by atoms with Crippen LogP contribution in [0.15, 0.2) is 59.8 Å². The first-order chi connectivity index (χ1) is 14.3. The van der Waals surface area contributed by atoms with Crippen LogP contribution >= 0.6 is 11.8 Å². The normalized spacial score (nSPS) is 20.4. The fourth-order valence-electron chi connectivity index (χ4n) is 3.88. The molecule has 0 aliphatic carbocycles. The molecule has 8 heteroatoms. The van der Waals surface area contributed by atoms with Crippen LogP contribution in [-0.2, 0) is 27.6 Å². The lowest BCUT2D eigenvalue weighted by Crippen LogP contribution is -2.47. The standard InChI is InChI=1S/C22H25N3O3S2/c1-22(12-14-30(27,28)16-22)24-20(26)15-29-21-23-18-9-5-6-10-19(18)25(21)13-11-17-7-3-2-4-8-17/h2-10H,11-16H2,1H3,(H,24,26)/t22-/m1/s1. The second-order valence-electron chi connectivity index (χ2n) is 8.01. The number of aromatic nitrogens is 2. The van der Waals surface area contributed by atoms with Gasteiger partial charge in [-0.3, -0.25) is 4.79 Å². The van der Waals surface area contributed by atoms with E-state index in [1.165, 1.54) is 17.3 Å². The molecule has 3 aromatic rings. The van der Waals surface area contributed by atoms with Crippen molar-refractivity contribution >= 4 is 38.5 Å². The fraction of sp³-hybridized carbons (Fsp3) is 0.364. The lowest BCUT2D eigenvalue weighted by Gasteiger charge is -2.23. The number of hydrogen-bond acceptors (Lipinski definition) is 5. The van der Waals surface area contributed by atoms with E-state index in [1.54, 1.807) is 6.92 Å². The van der Waals surface area contributed by atoms with E-state index in [-0.39, 0.29) is 23.2 Å². The SMILES string of the molecule is C[C@@]1(NC(=O)CSc2nc3ccccc3n2CCc2ccccc2)CCS(=O)(=O)C1. The van der Waals surface area contributed by atoms with Gasteiger partial charge in [0.05, 0.1) is 33.8 Å². The summed E-state index contributed by atoms with van der Waals surface area (Å²) in [5.41, 5.74) is 2.52. The van der Waals surface area contributed by atoms with Crippen LogP contribution in [0, 0.1) is 0 Å². The van der Waals surface area contributed by atoms with Gasteiger partial charge in [-0.15, -0.1) is 0 Å². The van der Waals surface area contributed by atoms with E-state index >= 15 is 0 Å². The van der Waals surface area contributed by atoms with E-state index in [2.05, 4.69) is 22.0 Å². The van der Waals surface area contributed by atoms with Gasteiger partial charge in [-0.1, -0.05) is 54.2 Å². The molecule has 30 heavy (non-hydrogen) atoms. The third-order valence-electron chi connectivity index (χ3n) is 5.36. The molecule has 2 heterocycles. The molecule has 1 saturated heterocycles. The molecule has 6 nitrogen and oxygen atoms in total. The Labute approximate surface area is 181 Å². The van der Waals surface area contributed by atoms with E-state index in [9.17, 15) is 13.2 Å². The molecule has 0 spiro atoms. The third-order valence-corrected chi connectivity index (χ3v) is 8.24. The largest absolute Gasteiger partial charge is 0.349 e. The molecule has 1 amide bonds. The highest BCUT2D eigenvalue weighted by atomic mass is 32.2. The molecule has 0 bridgehead atoms. The zero-order chi connectivity index (χ0) is 21.2. The van der Waals surface area contributed by atoms with Crippen LogP contribution in [0.25, 0.3) is 11.0 Å². The summed E-state index contributed by atoms with van der Waals surface area (Å²) in [5.74, 6) is 0.170. The maximum absolute atomic E-state index is 12.5. The topological polar surface area (TPSA) is 81.1 Å². The number of fused-ring (bicyclic) bond motifs is 1. The number of hydrogen-bond donors (Lipinski definition) is 1. The summed E-state index contributed by atoms with van der Waals surface area (Å²) < 4.78 is 25.7. The van der Waals surface area contributed by atoms with Crippen LogP contribution in [0.3, 0.4) is 0 Å². The molecule has 1 aliphatic rings. The van der Waals surface area contributed by atoms with Gasteiger partial charge in [0.25, 0.3) is 0 Å². The van der Waals surface area contributed by atoms with Crippen molar-refractivity contribution in [2.24, 2.45) is 0 Å². The number of benzene rings is 2. The Morgan fingerprint density at radius 2 is 1.90 bits per heavy atom. The van der Waals surface area contributed by atoms with Crippen LogP contribution in [0.2, 0.25) is 0 Å². The number of carbonyl (C=O) groups excluding carboxylic acids is 1. The minimum absolute atomic E-state index is 0.00595. The predicted octanol–water partition coefficient (Wildman–Crippen LogP) is 3.06. The van der Waals surface area contributed by atoms with Gasteiger partial charge >= 0.3 is 0 Å². The zero-order valence-electron chi connectivity index (χ0n) is 16.9. The Hall–Kier alpha value is -2.32. The summed E-state index contributed by atoms with van der Waals surface area (Å²) >= 11 is 1.39. The number of thioether (sulfide) groups is 1. The Bertz CT molecular complexity index is 1160. The molecular weight excluding hydrogens is 418 g/mol. The molecule has 4 rings (SSSR count). The van der Waals surface area contributed by atoms with Crippen molar-refractivity contribution in [2.45, 2.75) is 37.0 Å². The van der Waals surface area contributed by atoms with Crippen molar-refractivity contribution in [1.29, 1.82) is 0 Å². The highest BCUT2D eigenvalue weighted by molar-refractivity contribution is 7.99. The zero-order valence-corrected chi connectivity index (χ0v) is 18.5. The molecule has 0 unspecified atom stereocenters. The number of imidazole rings is 1. The smallest absolute Gasteiger partial charge is 0.230 e. The molecule has 0 radical (unpaired) electrons. The van der Waals surface area contributed by atoms with E-state index in [0.29, 0.717) is 6.42 Å². The van der Waals surface area contributed by atoms with Crippen LogP contribution in [0.1, 0.15) is 18.9 Å². The first kappa shape index (κ1) is 20.9. The van der Waals surface area contributed by atoms with Crippen LogP contribution < -0.4 is 5.32 Å². The Morgan fingerprint density at radius 1 is 1.17 bits per heavy atom. The Kier molecular flexibility index (Phi) is 5.88. The summed E-state index contributed by atoms with van der Waals surface area (Å²) in [5, 5.41) is 3.71. The molecule has 158 valence electrons. The summed E-state index contributed by atoms with van der Waals surface area (Å²) in [4.78, 5) is 17.2. The second kappa shape index (κ2) is 8.43. The molecule has 2 aromatic carbocycles. The van der Waals surface area contributed by atoms with Gasteiger partial charge in [-0.05, 0) is 37.5 Å². The van der Waals surface area contributed by atoms with Crippen molar-refractivity contribution in [3.63, 3.8) is 0 Å². The predicted molar refractivity (Wildman–Crippen MR) is 120 cm³/mol. The number of amides is 1. The number of aryl methyl sites for hydroxylation is 2. The highest BCUT2D eigenvalue weighted by Gasteiger charge is 2.39. The number of nitrogens with zero attached hydrogens (tertiary/aromatic N) is 2. The van der Waals surface area contributed by atoms with Gasteiger partial charge in [0.15, 0.2) is 15.0 Å². The van der Waals surface area contributed by atoms with Crippen molar-refractivity contribution in [2.75, 3.05) is 17.3 Å². The maximum atomic E-state index is 12.5. The van der Waals surface area contributed by atoms with Gasteiger partial charge in [0, 0.05) is 6.54 Å². The lowest BCUT2D eigenvalue weighted by atomic mass is 10.0. The summed E-state index contributed by atoms with van der Waals surface area (Å²) in [7, 11) is -3.06. The van der Waals surface area contributed by atoms with Crippen LogP contribution in [0.4, 0.5) is 0 Å². The number of para-hydroxylation sites is 2. The average Bonchev–Trinajstić information content (AvgIpc) is 3.21. The third kappa shape index (κ3) is 4.87. The molecule has 0 saturated carbocycles. The first-order valence-electron chi connectivity index (χ1n) is 9.97. The van der Waals surface area contributed by atoms with Crippen molar-refractivity contribution in [1.82, 2.24) is 14.9 Å². The lowest BCUT2D eigenvalue weighted by molar-refractivity contribution is -0.120.